The number of nitrogens with zero attached hydrogens (tertiary/aromatic N) is 4. The van der Waals surface area contributed by atoms with Crippen molar-refractivity contribution in [2.45, 2.75) is 13.8 Å². The van der Waals surface area contributed by atoms with E-state index < -0.39 is 31.7 Å². The second-order valence-electron chi connectivity index (χ2n) is 6.65. The summed E-state index contributed by atoms with van der Waals surface area (Å²) in [6, 6.07) is 0. The number of hydrogen-bond donors (Lipinski definition) is 0. The fraction of sp³-hybridized carbons (Fsp3) is 0.412. The first-order chi connectivity index (χ1) is 13.1. The fourth-order valence-corrected chi connectivity index (χ4v) is 2.83. The Balaban J connectivity index is 0.000000473. The molecule has 2 aliphatic rings. The number of rotatable bonds is 6. The SMILES string of the molecule is C=CCS(=O)(=O)[O-].C=CCS(=O)(=O)[O-].CC1=NC=C[N+]1(C)C[N+]1(C)C=CN=C1C. The normalized spacial score (nSPS) is 25.2. The van der Waals surface area contributed by atoms with E-state index in [9.17, 15) is 25.9 Å². The minimum absolute atomic E-state index is 0.479. The topological polar surface area (TPSA) is 139 Å². The minimum Gasteiger partial charge on any atom is -0.748 e. The van der Waals surface area contributed by atoms with Crippen LogP contribution in [0.25, 0.3) is 0 Å². The molecule has 164 valence electrons. The highest BCUT2D eigenvalue weighted by Crippen LogP contribution is 2.21. The highest BCUT2D eigenvalue weighted by atomic mass is 32.2. The zero-order valence-electron chi connectivity index (χ0n) is 17.1. The lowest BCUT2D eigenvalue weighted by atomic mass is 10.4. The summed E-state index contributed by atoms with van der Waals surface area (Å²) in [6.45, 7) is 11.2. The van der Waals surface area contributed by atoms with Gasteiger partial charge in [-0.1, -0.05) is 12.2 Å². The van der Waals surface area contributed by atoms with Gasteiger partial charge in [0, 0.05) is 13.8 Å². The Hall–Kier alpha value is -1.96. The molecule has 2 unspecified atom stereocenters. The fourth-order valence-electron chi connectivity index (χ4n) is 2.25. The third-order valence-electron chi connectivity index (χ3n) is 4.02. The van der Waals surface area contributed by atoms with Gasteiger partial charge < -0.3 is 9.11 Å². The number of amidine groups is 2. The van der Waals surface area contributed by atoms with Gasteiger partial charge in [-0.2, -0.15) is 0 Å². The lowest BCUT2D eigenvalue weighted by Gasteiger charge is -2.34. The molecule has 0 radical (unpaired) electrons. The number of aliphatic imine (C=N–C) groups is 2. The molecule has 29 heavy (non-hydrogen) atoms. The molecule has 2 aliphatic heterocycles. The van der Waals surface area contributed by atoms with Crippen LogP contribution in [0.5, 0.6) is 0 Å². The third kappa shape index (κ3) is 10.4. The summed E-state index contributed by atoms with van der Waals surface area (Å²) < 4.78 is 59.1. The van der Waals surface area contributed by atoms with Gasteiger partial charge in [-0.25, -0.2) is 35.8 Å². The summed E-state index contributed by atoms with van der Waals surface area (Å²) >= 11 is 0. The summed E-state index contributed by atoms with van der Waals surface area (Å²) in [4.78, 5) is 8.64. The van der Waals surface area contributed by atoms with Crippen molar-refractivity contribution in [3.8, 4) is 0 Å². The van der Waals surface area contributed by atoms with Gasteiger partial charge in [0.05, 0.1) is 58.2 Å². The van der Waals surface area contributed by atoms with Gasteiger partial charge in [0.1, 0.15) is 12.4 Å². The van der Waals surface area contributed by atoms with Gasteiger partial charge in [-0.15, -0.1) is 13.2 Å². The molecular formula is C17H28N4O6S2. The van der Waals surface area contributed by atoms with Crippen molar-refractivity contribution < 1.29 is 34.9 Å². The lowest BCUT2D eigenvalue weighted by Crippen LogP contribution is -2.56. The van der Waals surface area contributed by atoms with Crippen LogP contribution >= 0.6 is 0 Å². The predicted octanol–water partition coefficient (Wildman–Crippen LogP) is 1.08. The van der Waals surface area contributed by atoms with Crippen LogP contribution < -0.4 is 0 Å². The molecule has 0 aromatic heterocycles. The van der Waals surface area contributed by atoms with Crippen LogP contribution in [0.2, 0.25) is 0 Å². The Bertz CT molecular complexity index is 859. The molecule has 0 aromatic carbocycles. The third-order valence-corrected chi connectivity index (χ3v) is 5.31. The number of quaternary nitrogens is 2. The second kappa shape index (κ2) is 10.7. The Morgan fingerprint density at radius 2 is 1.17 bits per heavy atom. The van der Waals surface area contributed by atoms with E-state index in [1.165, 1.54) is 0 Å². The predicted molar refractivity (Wildman–Crippen MR) is 111 cm³/mol. The Morgan fingerprint density at radius 1 is 0.862 bits per heavy atom. The molecule has 0 spiro atoms. The van der Waals surface area contributed by atoms with E-state index in [-0.39, 0.29) is 0 Å². The highest BCUT2D eigenvalue weighted by Gasteiger charge is 2.39. The van der Waals surface area contributed by atoms with Crippen molar-refractivity contribution in [3.05, 3.63) is 50.1 Å². The maximum absolute atomic E-state index is 9.60. The quantitative estimate of drug-likeness (QED) is 0.338. The monoisotopic (exact) mass is 448 g/mol. The summed E-state index contributed by atoms with van der Waals surface area (Å²) in [5, 5.41) is 0. The molecule has 10 nitrogen and oxygen atoms in total. The van der Waals surface area contributed by atoms with E-state index in [1.54, 1.807) is 0 Å². The van der Waals surface area contributed by atoms with Gasteiger partial charge in [-0.05, 0) is 0 Å². The standard InChI is InChI=1S/C11H18N4.2C3H6O3S/c1-10-12-5-7-14(10,3)9-15(4)8-6-13-11(15)2;2*1-2-3-7(4,5)6/h5-8H,9H2,1-4H3;2*2H,1,3H2,(H,4,5,6)/q+2;;/p-2. The number of hydrogen-bond acceptors (Lipinski definition) is 8. The van der Waals surface area contributed by atoms with Crippen molar-refractivity contribution >= 4 is 31.9 Å². The smallest absolute Gasteiger partial charge is 0.227 e. The van der Waals surface area contributed by atoms with E-state index in [2.05, 4.69) is 63.5 Å². The van der Waals surface area contributed by atoms with Crippen molar-refractivity contribution in [1.29, 1.82) is 0 Å². The van der Waals surface area contributed by atoms with Crippen LogP contribution in [0.15, 0.2) is 60.1 Å². The second-order valence-corrected chi connectivity index (χ2v) is 9.55. The van der Waals surface area contributed by atoms with Gasteiger partial charge >= 0.3 is 0 Å². The molecule has 0 amide bonds. The largest absolute Gasteiger partial charge is 0.748 e. The van der Waals surface area contributed by atoms with Crippen molar-refractivity contribution in [2.24, 2.45) is 9.98 Å². The van der Waals surface area contributed by atoms with Gasteiger partial charge in [-0.3, -0.25) is 0 Å². The van der Waals surface area contributed by atoms with Crippen LogP contribution in [0.4, 0.5) is 0 Å². The first-order valence-electron chi connectivity index (χ1n) is 8.33. The molecule has 0 fully saturated rings. The lowest BCUT2D eigenvalue weighted by molar-refractivity contribution is -0.956. The maximum atomic E-state index is 9.60. The van der Waals surface area contributed by atoms with Crippen LogP contribution in [0.1, 0.15) is 13.8 Å². The van der Waals surface area contributed by atoms with E-state index in [1.807, 2.05) is 12.4 Å². The van der Waals surface area contributed by atoms with Crippen LogP contribution in [0.3, 0.4) is 0 Å². The summed E-state index contributed by atoms with van der Waals surface area (Å²) in [5.41, 5.74) is 0. The Kier molecular flexibility index (Phi) is 9.99. The first-order valence-corrected chi connectivity index (χ1v) is 11.5. The van der Waals surface area contributed by atoms with Crippen molar-refractivity contribution in [3.63, 3.8) is 0 Å². The average molecular weight is 449 g/mol. The first kappa shape index (κ1) is 27.0. The zero-order valence-corrected chi connectivity index (χ0v) is 18.7. The summed E-state index contributed by atoms with van der Waals surface area (Å²) in [6.07, 6.45) is 10.1. The summed E-state index contributed by atoms with van der Waals surface area (Å²) in [5.74, 6) is 1.30. The zero-order chi connectivity index (χ0) is 22.9. The molecule has 0 bridgehead atoms. The van der Waals surface area contributed by atoms with Crippen molar-refractivity contribution in [2.75, 3.05) is 32.3 Å². The Morgan fingerprint density at radius 3 is 1.31 bits per heavy atom. The van der Waals surface area contributed by atoms with Crippen LogP contribution in [0, 0.1) is 0 Å². The van der Waals surface area contributed by atoms with Crippen LogP contribution in [-0.4, -0.2) is 78.8 Å². The van der Waals surface area contributed by atoms with Crippen LogP contribution in [-0.2, 0) is 20.2 Å². The maximum Gasteiger partial charge on any atom is 0.227 e. The molecule has 0 aromatic rings. The molecule has 2 heterocycles. The molecule has 12 heteroatoms. The van der Waals surface area contributed by atoms with E-state index in [0.29, 0.717) is 0 Å². The minimum atomic E-state index is -4.04. The Labute approximate surface area is 173 Å². The summed E-state index contributed by atoms with van der Waals surface area (Å²) in [7, 11) is -3.74. The van der Waals surface area contributed by atoms with E-state index in [4.69, 9.17) is 0 Å². The van der Waals surface area contributed by atoms with E-state index >= 15 is 0 Å². The van der Waals surface area contributed by atoms with Gasteiger partial charge in [0.2, 0.25) is 18.3 Å². The molecule has 0 saturated heterocycles. The highest BCUT2D eigenvalue weighted by molar-refractivity contribution is 7.86. The average Bonchev–Trinajstić information content (AvgIpc) is 3.01. The molecule has 0 saturated carbocycles. The van der Waals surface area contributed by atoms with E-state index in [0.717, 1.165) is 39.5 Å². The molecular weight excluding hydrogens is 420 g/mol. The molecule has 0 aliphatic carbocycles. The molecule has 0 N–H and O–H groups in total. The molecule has 2 rings (SSSR count). The van der Waals surface area contributed by atoms with Gasteiger partial charge in [0.25, 0.3) is 0 Å². The van der Waals surface area contributed by atoms with Crippen molar-refractivity contribution in [1.82, 2.24) is 0 Å². The molecule has 2 atom stereocenters. The van der Waals surface area contributed by atoms with Gasteiger partial charge in [0.15, 0.2) is 0 Å².